The van der Waals surface area contributed by atoms with Gasteiger partial charge in [0, 0.05) is 6.42 Å². The fourth-order valence-corrected chi connectivity index (χ4v) is 3.63. The van der Waals surface area contributed by atoms with E-state index in [0.29, 0.717) is 11.8 Å². The van der Waals surface area contributed by atoms with Crippen LogP contribution in [0.3, 0.4) is 0 Å². The van der Waals surface area contributed by atoms with Gasteiger partial charge in [-0.15, -0.1) is 0 Å². The minimum absolute atomic E-state index is 0.439. The monoisotopic (exact) mass is 232 g/mol. The molecule has 92 valence electrons. The van der Waals surface area contributed by atoms with E-state index < -0.39 is 5.60 Å². The normalized spacial score (nSPS) is 35.2. The topological polar surface area (TPSA) is 29.5 Å². The van der Waals surface area contributed by atoms with Crippen molar-refractivity contribution in [2.24, 2.45) is 11.8 Å². The summed E-state index contributed by atoms with van der Waals surface area (Å²) in [6.45, 7) is 0. The molecule has 2 atom stereocenters. The molecular formula is C15H20O2. The van der Waals surface area contributed by atoms with Crippen LogP contribution in [-0.2, 0) is 6.42 Å². The Hall–Kier alpha value is -1.02. The minimum Gasteiger partial charge on any atom is -0.496 e. The SMILES string of the molecule is COc1ccccc1CC1(O)C2CCCCC21. The van der Waals surface area contributed by atoms with Crippen molar-refractivity contribution in [1.82, 2.24) is 0 Å². The average Bonchev–Trinajstić information content (AvgIpc) is 2.96. The van der Waals surface area contributed by atoms with Gasteiger partial charge in [-0.3, -0.25) is 0 Å². The second-order valence-electron chi connectivity index (χ2n) is 5.48. The van der Waals surface area contributed by atoms with Crippen LogP contribution < -0.4 is 4.74 Å². The van der Waals surface area contributed by atoms with Crippen LogP contribution >= 0.6 is 0 Å². The predicted octanol–water partition coefficient (Wildman–Crippen LogP) is 2.79. The molecule has 0 aromatic heterocycles. The quantitative estimate of drug-likeness (QED) is 0.868. The Labute approximate surface area is 103 Å². The highest BCUT2D eigenvalue weighted by atomic mass is 16.5. The molecule has 2 aliphatic carbocycles. The summed E-state index contributed by atoms with van der Waals surface area (Å²) in [5.41, 5.74) is 0.706. The van der Waals surface area contributed by atoms with E-state index in [0.717, 1.165) is 17.7 Å². The van der Waals surface area contributed by atoms with Crippen molar-refractivity contribution in [3.63, 3.8) is 0 Å². The maximum absolute atomic E-state index is 10.7. The molecule has 2 unspecified atom stereocenters. The maximum atomic E-state index is 10.7. The number of fused-ring (bicyclic) bond motifs is 1. The number of rotatable bonds is 3. The van der Waals surface area contributed by atoms with Crippen LogP contribution in [0.1, 0.15) is 31.2 Å². The average molecular weight is 232 g/mol. The highest BCUT2D eigenvalue weighted by Crippen LogP contribution is 2.60. The van der Waals surface area contributed by atoms with E-state index in [1.807, 2.05) is 18.2 Å². The zero-order chi connectivity index (χ0) is 11.9. The molecule has 0 amide bonds. The lowest BCUT2D eigenvalue weighted by Gasteiger charge is -2.13. The first kappa shape index (κ1) is 11.1. The lowest BCUT2D eigenvalue weighted by Crippen LogP contribution is -2.17. The van der Waals surface area contributed by atoms with E-state index in [4.69, 9.17) is 4.74 Å². The third-order valence-corrected chi connectivity index (χ3v) is 4.61. The van der Waals surface area contributed by atoms with Crippen molar-refractivity contribution >= 4 is 0 Å². The first-order valence-electron chi connectivity index (χ1n) is 6.60. The zero-order valence-electron chi connectivity index (χ0n) is 10.4. The first-order chi connectivity index (χ1) is 8.25. The summed E-state index contributed by atoms with van der Waals surface area (Å²) < 4.78 is 5.36. The van der Waals surface area contributed by atoms with Gasteiger partial charge in [-0.1, -0.05) is 31.0 Å². The number of methoxy groups -OCH3 is 1. The van der Waals surface area contributed by atoms with Gasteiger partial charge >= 0.3 is 0 Å². The molecule has 0 bridgehead atoms. The molecule has 1 N–H and O–H groups in total. The standard InChI is InChI=1S/C15H20O2/c1-17-14-9-5-2-6-11(14)10-15(16)12-7-3-4-8-13(12)15/h2,5-6,9,12-13,16H,3-4,7-8,10H2,1H3. The maximum Gasteiger partial charge on any atom is 0.122 e. The third-order valence-electron chi connectivity index (χ3n) is 4.61. The summed E-state index contributed by atoms with van der Waals surface area (Å²) >= 11 is 0. The second kappa shape index (κ2) is 4.02. The molecule has 2 aliphatic rings. The Bertz CT molecular complexity index is 401. The molecule has 1 aromatic rings. The summed E-state index contributed by atoms with van der Waals surface area (Å²) in [5, 5.41) is 10.7. The molecule has 17 heavy (non-hydrogen) atoms. The van der Waals surface area contributed by atoms with Crippen molar-refractivity contribution in [3.05, 3.63) is 29.8 Å². The largest absolute Gasteiger partial charge is 0.496 e. The highest BCUT2D eigenvalue weighted by molar-refractivity contribution is 5.36. The van der Waals surface area contributed by atoms with E-state index in [1.165, 1.54) is 25.7 Å². The molecule has 0 aliphatic heterocycles. The van der Waals surface area contributed by atoms with Gasteiger partial charge in [-0.05, 0) is 36.3 Å². The van der Waals surface area contributed by atoms with E-state index >= 15 is 0 Å². The molecule has 2 nitrogen and oxygen atoms in total. The van der Waals surface area contributed by atoms with Crippen molar-refractivity contribution in [1.29, 1.82) is 0 Å². The number of aliphatic hydroxyl groups is 1. The van der Waals surface area contributed by atoms with Gasteiger partial charge in [0.15, 0.2) is 0 Å². The van der Waals surface area contributed by atoms with E-state index in [2.05, 4.69) is 6.07 Å². The van der Waals surface area contributed by atoms with Crippen LogP contribution in [0.5, 0.6) is 5.75 Å². The van der Waals surface area contributed by atoms with Gasteiger partial charge in [0.05, 0.1) is 12.7 Å². The first-order valence-corrected chi connectivity index (χ1v) is 6.60. The van der Waals surface area contributed by atoms with Crippen LogP contribution in [0.4, 0.5) is 0 Å². The van der Waals surface area contributed by atoms with Crippen molar-refractivity contribution < 1.29 is 9.84 Å². The van der Waals surface area contributed by atoms with Gasteiger partial charge < -0.3 is 9.84 Å². The fourth-order valence-electron chi connectivity index (χ4n) is 3.63. The van der Waals surface area contributed by atoms with Crippen LogP contribution in [0, 0.1) is 11.8 Å². The molecule has 0 saturated heterocycles. The van der Waals surface area contributed by atoms with Crippen molar-refractivity contribution in [2.75, 3.05) is 7.11 Å². The number of para-hydroxylation sites is 1. The Morgan fingerprint density at radius 3 is 2.53 bits per heavy atom. The van der Waals surface area contributed by atoms with Crippen molar-refractivity contribution in [3.8, 4) is 5.75 Å². The van der Waals surface area contributed by atoms with E-state index in [1.54, 1.807) is 7.11 Å². The molecular weight excluding hydrogens is 212 g/mol. The molecule has 2 fully saturated rings. The van der Waals surface area contributed by atoms with Crippen LogP contribution in [-0.4, -0.2) is 17.8 Å². The Kier molecular flexibility index (Phi) is 2.62. The summed E-state index contributed by atoms with van der Waals surface area (Å²) in [5.74, 6) is 1.99. The highest BCUT2D eigenvalue weighted by Gasteiger charge is 2.63. The molecule has 1 aromatic carbocycles. The lowest BCUT2D eigenvalue weighted by atomic mass is 10.0. The summed E-state index contributed by atoms with van der Waals surface area (Å²) in [4.78, 5) is 0. The van der Waals surface area contributed by atoms with E-state index in [-0.39, 0.29) is 0 Å². The number of benzene rings is 1. The Balaban J connectivity index is 1.79. The number of ether oxygens (including phenoxy) is 1. The lowest BCUT2D eigenvalue weighted by molar-refractivity contribution is 0.118. The summed E-state index contributed by atoms with van der Waals surface area (Å²) in [6, 6.07) is 8.05. The summed E-state index contributed by atoms with van der Waals surface area (Å²) in [6.07, 6.45) is 5.74. The van der Waals surface area contributed by atoms with Gasteiger partial charge in [0.25, 0.3) is 0 Å². The van der Waals surface area contributed by atoms with Crippen molar-refractivity contribution in [2.45, 2.75) is 37.7 Å². The minimum atomic E-state index is -0.439. The zero-order valence-corrected chi connectivity index (χ0v) is 10.4. The smallest absolute Gasteiger partial charge is 0.122 e. The Morgan fingerprint density at radius 2 is 1.88 bits per heavy atom. The molecule has 0 heterocycles. The number of hydrogen-bond acceptors (Lipinski definition) is 2. The van der Waals surface area contributed by atoms with Crippen LogP contribution in [0.15, 0.2) is 24.3 Å². The molecule has 2 heteroatoms. The molecule has 0 radical (unpaired) electrons. The Morgan fingerprint density at radius 1 is 1.24 bits per heavy atom. The predicted molar refractivity (Wildman–Crippen MR) is 67.1 cm³/mol. The number of hydrogen-bond donors (Lipinski definition) is 1. The second-order valence-corrected chi connectivity index (χ2v) is 5.48. The van der Waals surface area contributed by atoms with Gasteiger partial charge in [-0.2, -0.15) is 0 Å². The van der Waals surface area contributed by atoms with Gasteiger partial charge in [0.1, 0.15) is 5.75 Å². The van der Waals surface area contributed by atoms with E-state index in [9.17, 15) is 5.11 Å². The molecule has 0 spiro atoms. The van der Waals surface area contributed by atoms with Gasteiger partial charge in [0.2, 0.25) is 0 Å². The molecule has 2 saturated carbocycles. The van der Waals surface area contributed by atoms with Crippen LogP contribution in [0.25, 0.3) is 0 Å². The van der Waals surface area contributed by atoms with Crippen LogP contribution in [0.2, 0.25) is 0 Å². The summed E-state index contributed by atoms with van der Waals surface area (Å²) in [7, 11) is 1.70. The molecule has 3 rings (SSSR count). The third kappa shape index (κ3) is 1.75. The van der Waals surface area contributed by atoms with Gasteiger partial charge in [-0.25, -0.2) is 0 Å². The fraction of sp³-hybridized carbons (Fsp3) is 0.600.